The van der Waals surface area contributed by atoms with Crippen molar-refractivity contribution < 1.29 is 0 Å². The van der Waals surface area contributed by atoms with Crippen LogP contribution in [0.25, 0.3) is 0 Å². The summed E-state index contributed by atoms with van der Waals surface area (Å²) in [4.78, 5) is 8.27. The van der Waals surface area contributed by atoms with E-state index in [1.165, 1.54) is 0 Å². The van der Waals surface area contributed by atoms with Gasteiger partial charge in [-0.3, -0.25) is 9.98 Å². The highest BCUT2D eigenvalue weighted by atomic mass is 14.9. The van der Waals surface area contributed by atoms with Crippen LogP contribution in [-0.2, 0) is 0 Å². The van der Waals surface area contributed by atoms with E-state index >= 15 is 0 Å². The molecule has 0 aliphatic heterocycles. The number of nitrogens with two attached hydrogens (primary N) is 1. The Bertz CT molecular complexity index is 366. The standard InChI is InChI=1S/C12H15N3/c1-3-4-8-14-10(2)12(13)11-7-5-6-9-15-11/h3-9,12H,2,13H2,1H3/b4-3-,14-8?. The molecule has 3 heteroatoms. The van der Waals surface area contributed by atoms with Gasteiger partial charge in [-0.1, -0.05) is 18.7 Å². The van der Waals surface area contributed by atoms with Crippen LogP contribution in [0.15, 0.2) is 53.8 Å². The van der Waals surface area contributed by atoms with Crippen molar-refractivity contribution in [1.82, 2.24) is 4.98 Å². The Morgan fingerprint density at radius 3 is 3.00 bits per heavy atom. The quantitative estimate of drug-likeness (QED) is 0.759. The summed E-state index contributed by atoms with van der Waals surface area (Å²) < 4.78 is 0. The molecule has 0 radical (unpaired) electrons. The first-order valence-corrected chi connectivity index (χ1v) is 4.76. The summed E-state index contributed by atoms with van der Waals surface area (Å²) in [6, 6.07) is 5.27. The van der Waals surface area contributed by atoms with Crippen LogP contribution in [0.3, 0.4) is 0 Å². The minimum absolute atomic E-state index is 0.340. The number of nitrogens with zero attached hydrogens (tertiary/aromatic N) is 2. The molecule has 1 rings (SSSR count). The minimum atomic E-state index is -0.340. The molecule has 0 amide bonds. The van der Waals surface area contributed by atoms with Crippen molar-refractivity contribution in [1.29, 1.82) is 0 Å². The Labute approximate surface area is 90.1 Å². The summed E-state index contributed by atoms with van der Waals surface area (Å²) in [5, 5.41) is 0. The second-order valence-electron chi connectivity index (χ2n) is 3.03. The lowest BCUT2D eigenvalue weighted by Gasteiger charge is -2.09. The molecule has 0 aliphatic rings. The number of allylic oxidation sites excluding steroid dienone is 2. The first-order valence-electron chi connectivity index (χ1n) is 4.76. The summed E-state index contributed by atoms with van der Waals surface area (Å²) in [6.07, 6.45) is 7.10. The molecule has 1 heterocycles. The topological polar surface area (TPSA) is 51.3 Å². The molecule has 0 spiro atoms. The lowest BCUT2D eigenvalue weighted by molar-refractivity contribution is 0.802. The fraction of sp³-hybridized carbons (Fsp3) is 0.167. The van der Waals surface area contributed by atoms with Crippen LogP contribution in [0.4, 0.5) is 0 Å². The Morgan fingerprint density at radius 2 is 2.40 bits per heavy atom. The molecule has 1 aromatic heterocycles. The smallest absolute Gasteiger partial charge is 0.0894 e. The van der Waals surface area contributed by atoms with Crippen LogP contribution in [0.2, 0.25) is 0 Å². The van der Waals surface area contributed by atoms with Gasteiger partial charge in [0.25, 0.3) is 0 Å². The van der Waals surface area contributed by atoms with Crippen LogP contribution < -0.4 is 5.73 Å². The van der Waals surface area contributed by atoms with Crippen LogP contribution in [0, 0.1) is 0 Å². The molecule has 0 fully saturated rings. The molecule has 2 N–H and O–H groups in total. The molecule has 0 aromatic carbocycles. The number of aromatic nitrogens is 1. The monoisotopic (exact) mass is 201 g/mol. The van der Waals surface area contributed by atoms with Crippen molar-refractivity contribution in [2.24, 2.45) is 10.7 Å². The van der Waals surface area contributed by atoms with E-state index in [1.807, 2.05) is 37.3 Å². The van der Waals surface area contributed by atoms with Gasteiger partial charge in [0.15, 0.2) is 0 Å². The van der Waals surface area contributed by atoms with Crippen molar-refractivity contribution >= 4 is 6.21 Å². The number of pyridine rings is 1. The molecular formula is C12H15N3. The molecule has 3 nitrogen and oxygen atoms in total. The van der Waals surface area contributed by atoms with Crippen molar-refractivity contribution in [2.45, 2.75) is 13.0 Å². The van der Waals surface area contributed by atoms with E-state index in [0.29, 0.717) is 5.70 Å². The maximum Gasteiger partial charge on any atom is 0.0894 e. The molecule has 0 saturated heterocycles. The molecule has 0 saturated carbocycles. The van der Waals surface area contributed by atoms with Crippen LogP contribution >= 0.6 is 0 Å². The molecule has 1 unspecified atom stereocenters. The highest BCUT2D eigenvalue weighted by molar-refractivity contribution is 5.72. The Balaban J connectivity index is 2.69. The summed E-state index contributed by atoms with van der Waals surface area (Å²) >= 11 is 0. The molecule has 78 valence electrons. The Hall–Kier alpha value is -1.74. The number of aliphatic imine (C=N–C) groups is 1. The third-order valence-electron chi connectivity index (χ3n) is 1.88. The highest BCUT2D eigenvalue weighted by Crippen LogP contribution is 2.15. The first-order chi connectivity index (χ1) is 7.25. The van der Waals surface area contributed by atoms with Gasteiger partial charge in [0.05, 0.1) is 17.4 Å². The van der Waals surface area contributed by atoms with Crippen LogP contribution in [0.1, 0.15) is 18.7 Å². The van der Waals surface area contributed by atoms with Gasteiger partial charge in [-0.05, 0) is 25.1 Å². The number of hydrogen-bond donors (Lipinski definition) is 1. The zero-order valence-electron chi connectivity index (χ0n) is 8.80. The largest absolute Gasteiger partial charge is 0.318 e. The minimum Gasteiger partial charge on any atom is -0.318 e. The fourth-order valence-electron chi connectivity index (χ4n) is 1.04. The van der Waals surface area contributed by atoms with Crippen LogP contribution in [-0.4, -0.2) is 11.2 Å². The maximum absolute atomic E-state index is 5.92. The van der Waals surface area contributed by atoms with Gasteiger partial charge in [0, 0.05) is 12.4 Å². The first kappa shape index (κ1) is 11.3. The summed E-state index contributed by atoms with van der Waals surface area (Å²) in [7, 11) is 0. The van der Waals surface area contributed by atoms with Gasteiger partial charge in [-0.15, -0.1) is 0 Å². The average molecular weight is 201 g/mol. The normalized spacial score (nSPS) is 13.5. The molecule has 1 atom stereocenters. The molecule has 15 heavy (non-hydrogen) atoms. The van der Waals surface area contributed by atoms with Crippen molar-refractivity contribution in [2.75, 3.05) is 0 Å². The van der Waals surface area contributed by atoms with E-state index in [1.54, 1.807) is 12.4 Å². The number of rotatable bonds is 4. The molecular weight excluding hydrogens is 186 g/mol. The van der Waals surface area contributed by atoms with E-state index in [0.717, 1.165) is 5.69 Å². The Morgan fingerprint density at radius 1 is 1.60 bits per heavy atom. The third kappa shape index (κ3) is 3.48. The SMILES string of the molecule is C=C(N=C/C=C\C)C(N)c1ccccn1. The lowest BCUT2D eigenvalue weighted by Crippen LogP contribution is -2.12. The van der Waals surface area contributed by atoms with E-state index < -0.39 is 0 Å². The zero-order valence-corrected chi connectivity index (χ0v) is 8.80. The summed E-state index contributed by atoms with van der Waals surface area (Å²) in [6.45, 7) is 5.73. The van der Waals surface area contributed by atoms with E-state index in [4.69, 9.17) is 5.73 Å². The van der Waals surface area contributed by atoms with E-state index in [2.05, 4.69) is 16.6 Å². The molecule has 0 bridgehead atoms. The zero-order chi connectivity index (χ0) is 11.1. The van der Waals surface area contributed by atoms with Gasteiger partial charge >= 0.3 is 0 Å². The number of hydrogen-bond acceptors (Lipinski definition) is 3. The maximum atomic E-state index is 5.92. The summed E-state index contributed by atoms with van der Waals surface area (Å²) in [5.41, 5.74) is 7.30. The molecule has 0 aliphatic carbocycles. The van der Waals surface area contributed by atoms with Gasteiger partial charge in [0.1, 0.15) is 0 Å². The average Bonchev–Trinajstić information content (AvgIpc) is 2.29. The van der Waals surface area contributed by atoms with Gasteiger partial charge in [-0.2, -0.15) is 0 Å². The predicted octanol–water partition coefficient (Wildman–Crippen LogP) is 2.24. The van der Waals surface area contributed by atoms with Crippen LogP contribution in [0.5, 0.6) is 0 Å². The summed E-state index contributed by atoms with van der Waals surface area (Å²) in [5.74, 6) is 0. The van der Waals surface area contributed by atoms with E-state index in [-0.39, 0.29) is 6.04 Å². The van der Waals surface area contributed by atoms with E-state index in [9.17, 15) is 0 Å². The van der Waals surface area contributed by atoms with Gasteiger partial charge in [-0.25, -0.2) is 0 Å². The lowest BCUT2D eigenvalue weighted by atomic mass is 10.1. The predicted molar refractivity (Wildman–Crippen MR) is 63.6 cm³/mol. The third-order valence-corrected chi connectivity index (χ3v) is 1.88. The van der Waals surface area contributed by atoms with Crippen molar-refractivity contribution in [3.05, 3.63) is 54.5 Å². The van der Waals surface area contributed by atoms with Gasteiger partial charge in [0.2, 0.25) is 0 Å². The van der Waals surface area contributed by atoms with Crippen molar-refractivity contribution in [3.63, 3.8) is 0 Å². The second-order valence-corrected chi connectivity index (χ2v) is 3.03. The molecule has 1 aromatic rings. The second kappa shape index (κ2) is 5.88. The fourth-order valence-corrected chi connectivity index (χ4v) is 1.04. The van der Waals surface area contributed by atoms with Gasteiger partial charge < -0.3 is 5.73 Å². The highest BCUT2D eigenvalue weighted by Gasteiger charge is 2.08. The van der Waals surface area contributed by atoms with Crippen molar-refractivity contribution in [3.8, 4) is 0 Å². The Kier molecular flexibility index (Phi) is 4.44.